The van der Waals surface area contributed by atoms with Crippen LogP contribution in [-0.4, -0.2) is 54.0 Å². The van der Waals surface area contributed by atoms with Gasteiger partial charge in [-0.05, 0) is 48.2 Å². The molecule has 0 atom stereocenters. The van der Waals surface area contributed by atoms with Crippen LogP contribution in [0.5, 0.6) is 5.75 Å². The number of nitrogens with two attached hydrogens (primary N) is 2. The van der Waals surface area contributed by atoms with Crippen LogP contribution in [0.4, 0.5) is 23.3 Å². The number of allylic oxidation sites excluding steroid dienone is 1. The molecule has 2 heterocycles. The molecule has 0 bridgehead atoms. The standard InChI is InChI=1S/C23H30N10O2/c1-34-20-8-2-17(3-9-20)16-26-31-29-21(10-11-24)33-22(25)28-23(30-33)27-18-4-6-19(7-5-18)32-12-14-35-15-13-32/h2-11,26,31H,12-16,24H2,1H3,(H3,25,27,28,30). The number of nitrogens with one attached hydrogen (secondary N) is 3. The van der Waals surface area contributed by atoms with E-state index in [1.165, 1.54) is 10.9 Å². The van der Waals surface area contributed by atoms with E-state index in [-0.39, 0.29) is 5.95 Å². The SMILES string of the molecule is COc1ccc(CNNN=C(C=CN)n2nc(Nc3ccc(N4CCOCC4)cc3)nc2N)cc1. The summed E-state index contributed by atoms with van der Waals surface area (Å²) in [6.07, 6.45) is 2.91. The van der Waals surface area contributed by atoms with Crippen molar-refractivity contribution < 1.29 is 9.47 Å². The zero-order valence-corrected chi connectivity index (χ0v) is 19.5. The van der Waals surface area contributed by atoms with E-state index in [2.05, 4.69) is 48.5 Å². The molecule has 0 spiro atoms. The first-order chi connectivity index (χ1) is 17.2. The number of benzene rings is 2. The van der Waals surface area contributed by atoms with Crippen molar-refractivity contribution in [2.45, 2.75) is 6.54 Å². The predicted molar refractivity (Wildman–Crippen MR) is 136 cm³/mol. The van der Waals surface area contributed by atoms with Gasteiger partial charge in [0.05, 0.1) is 20.3 Å². The first kappa shape index (κ1) is 23.9. The van der Waals surface area contributed by atoms with Gasteiger partial charge in [0.25, 0.3) is 0 Å². The monoisotopic (exact) mass is 478 g/mol. The lowest BCUT2D eigenvalue weighted by molar-refractivity contribution is 0.122. The molecule has 7 N–H and O–H groups in total. The molecular weight excluding hydrogens is 448 g/mol. The first-order valence-corrected chi connectivity index (χ1v) is 11.2. The summed E-state index contributed by atoms with van der Waals surface area (Å²) < 4.78 is 12.0. The number of hydrogen-bond donors (Lipinski definition) is 5. The van der Waals surface area contributed by atoms with E-state index < -0.39 is 0 Å². The molecule has 0 aliphatic carbocycles. The van der Waals surface area contributed by atoms with Gasteiger partial charge >= 0.3 is 0 Å². The summed E-state index contributed by atoms with van der Waals surface area (Å²) in [7, 11) is 1.63. The Hall–Kier alpha value is -4.29. The van der Waals surface area contributed by atoms with Crippen molar-refractivity contribution >= 4 is 29.1 Å². The van der Waals surface area contributed by atoms with Gasteiger partial charge in [0, 0.05) is 37.1 Å². The van der Waals surface area contributed by atoms with Crippen molar-refractivity contribution in [1.82, 2.24) is 25.7 Å². The van der Waals surface area contributed by atoms with Crippen molar-refractivity contribution in [1.29, 1.82) is 0 Å². The zero-order valence-electron chi connectivity index (χ0n) is 19.5. The van der Waals surface area contributed by atoms with Crippen molar-refractivity contribution in [2.24, 2.45) is 10.8 Å². The topological polar surface area (TPSA) is 153 Å². The van der Waals surface area contributed by atoms with Gasteiger partial charge in [-0.15, -0.1) is 10.2 Å². The number of hydrogen-bond acceptors (Lipinski definition) is 11. The molecule has 184 valence electrons. The minimum atomic E-state index is 0.159. The lowest BCUT2D eigenvalue weighted by Crippen LogP contribution is -2.36. The minimum absolute atomic E-state index is 0.159. The molecule has 1 fully saturated rings. The summed E-state index contributed by atoms with van der Waals surface area (Å²) in [6.45, 7) is 3.79. The van der Waals surface area contributed by atoms with Crippen LogP contribution < -0.4 is 37.4 Å². The van der Waals surface area contributed by atoms with E-state index in [1.54, 1.807) is 13.2 Å². The average Bonchev–Trinajstić information content (AvgIpc) is 3.26. The Balaban J connectivity index is 1.37. The second-order valence-corrected chi connectivity index (χ2v) is 7.62. The predicted octanol–water partition coefficient (Wildman–Crippen LogP) is 1.38. The van der Waals surface area contributed by atoms with Crippen LogP contribution >= 0.6 is 0 Å². The Morgan fingerprint density at radius 1 is 1.14 bits per heavy atom. The van der Waals surface area contributed by atoms with Gasteiger partial charge in [0.2, 0.25) is 11.9 Å². The normalized spacial score (nSPS) is 14.3. The molecule has 0 saturated carbocycles. The molecular formula is C23H30N10O2. The summed E-state index contributed by atoms with van der Waals surface area (Å²) in [4.78, 5) is 6.58. The van der Waals surface area contributed by atoms with E-state index in [1.807, 2.05) is 36.4 Å². The molecule has 0 amide bonds. The molecule has 2 aromatic carbocycles. The van der Waals surface area contributed by atoms with Crippen molar-refractivity contribution in [2.75, 3.05) is 49.4 Å². The molecule has 0 radical (unpaired) electrons. The fourth-order valence-electron chi connectivity index (χ4n) is 3.48. The molecule has 3 aromatic rings. The second-order valence-electron chi connectivity index (χ2n) is 7.62. The summed E-state index contributed by atoms with van der Waals surface area (Å²) in [5, 5.41) is 11.9. The third-order valence-corrected chi connectivity index (χ3v) is 5.30. The van der Waals surface area contributed by atoms with Crippen LogP contribution in [0.3, 0.4) is 0 Å². The van der Waals surface area contributed by atoms with Gasteiger partial charge in [-0.1, -0.05) is 12.1 Å². The van der Waals surface area contributed by atoms with Gasteiger partial charge in [0.1, 0.15) is 5.75 Å². The van der Waals surface area contributed by atoms with Crippen LogP contribution in [-0.2, 0) is 11.3 Å². The van der Waals surface area contributed by atoms with Crippen LogP contribution in [0.15, 0.2) is 65.9 Å². The van der Waals surface area contributed by atoms with Crippen LogP contribution in [0.1, 0.15) is 5.56 Å². The van der Waals surface area contributed by atoms with Gasteiger partial charge < -0.3 is 31.2 Å². The summed E-state index contributed by atoms with van der Waals surface area (Å²) in [6, 6.07) is 15.8. The number of nitrogens with zero attached hydrogens (tertiary/aromatic N) is 5. The number of nitrogen functional groups attached to an aromatic ring is 1. The van der Waals surface area contributed by atoms with E-state index in [0.29, 0.717) is 18.3 Å². The number of hydrazone groups is 1. The fourth-order valence-corrected chi connectivity index (χ4v) is 3.48. The smallest absolute Gasteiger partial charge is 0.248 e. The molecule has 12 nitrogen and oxygen atoms in total. The number of methoxy groups -OCH3 is 1. The van der Waals surface area contributed by atoms with E-state index in [0.717, 1.165) is 49.0 Å². The number of anilines is 4. The summed E-state index contributed by atoms with van der Waals surface area (Å²) in [5.41, 5.74) is 20.5. The number of aromatic nitrogens is 3. The Morgan fingerprint density at radius 3 is 2.57 bits per heavy atom. The Bertz CT molecular complexity index is 1140. The lowest BCUT2D eigenvalue weighted by Gasteiger charge is -2.28. The number of hydrazine groups is 1. The van der Waals surface area contributed by atoms with Crippen LogP contribution in [0.25, 0.3) is 0 Å². The fraction of sp³-hybridized carbons (Fsp3) is 0.261. The number of rotatable bonds is 9. The Labute approximate surface area is 203 Å². The average molecular weight is 479 g/mol. The third kappa shape index (κ3) is 6.40. The van der Waals surface area contributed by atoms with Crippen molar-refractivity contribution in [3.8, 4) is 5.75 Å². The minimum Gasteiger partial charge on any atom is -0.497 e. The highest BCUT2D eigenvalue weighted by Gasteiger charge is 2.13. The summed E-state index contributed by atoms with van der Waals surface area (Å²) >= 11 is 0. The molecule has 1 aromatic heterocycles. The highest BCUT2D eigenvalue weighted by molar-refractivity contribution is 5.95. The highest BCUT2D eigenvalue weighted by Crippen LogP contribution is 2.21. The molecule has 12 heteroatoms. The molecule has 35 heavy (non-hydrogen) atoms. The third-order valence-electron chi connectivity index (χ3n) is 5.30. The van der Waals surface area contributed by atoms with Crippen LogP contribution in [0, 0.1) is 0 Å². The van der Waals surface area contributed by atoms with E-state index in [9.17, 15) is 0 Å². The maximum atomic E-state index is 6.09. The van der Waals surface area contributed by atoms with Gasteiger partial charge in [0.15, 0.2) is 5.84 Å². The maximum Gasteiger partial charge on any atom is 0.248 e. The molecule has 1 saturated heterocycles. The quantitative estimate of drug-likeness (QED) is 0.132. The van der Waals surface area contributed by atoms with E-state index >= 15 is 0 Å². The molecule has 4 rings (SSSR count). The first-order valence-electron chi connectivity index (χ1n) is 11.2. The molecule has 0 unspecified atom stereocenters. The van der Waals surface area contributed by atoms with Crippen molar-refractivity contribution in [3.63, 3.8) is 0 Å². The van der Waals surface area contributed by atoms with Gasteiger partial charge in [-0.25, -0.2) is 11.0 Å². The lowest BCUT2D eigenvalue weighted by atomic mass is 10.2. The highest BCUT2D eigenvalue weighted by atomic mass is 16.5. The zero-order chi connectivity index (χ0) is 24.5. The van der Waals surface area contributed by atoms with Gasteiger partial charge in [-0.3, -0.25) is 0 Å². The summed E-state index contributed by atoms with van der Waals surface area (Å²) in [5.74, 6) is 1.65. The van der Waals surface area contributed by atoms with Gasteiger partial charge in [-0.2, -0.15) is 9.67 Å². The largest absolute Gasteiger partial charge is 0.497 e. The van der Waals surface area contributed by atoms with E-state index in [4.69, 9.17) is 20.9 Å². The second kappa shape index (κ2) is 11.7. The number of morpholine rings is 1. The molecule has 1 aliphatic heterocycles. The maximum absolute atomic E-state index is 6.09. The molecule has 1 aliphatic rings. The van der Waals surface area contributed by atoms with Crippen molar-refractivity contribution in [3.05, 3.63) is 66.4 Å². The number of ether oxygens (including phenoxy) is 2. The van der Waals surface area contributed by atoms with Crippen LogP contribution in [0.2, 0.25) is 0 Å². The Kier molecular flexibility index (Phi) is 7.99. The Morgan fingerprint density at radius 2 is 1.89 bits per heavy atom.